The van der Waals surface area contributed by atoms with Crippen LogP contribution < -0.4 is 0 Å². The first kappa shape index (κ1) is 29.6. The third kappa shape index (κ3) is 7.10. The van der Waals surface area contributed by atoms with Crippen LogP contribution in [0.3, 0.4) is 0 Å². The molecular weight excluding hydrogens is 479 g/mol. The monoisotopic (exact) mass is 522 g/mol. The van der Waals surface area contributed by atoms with Gasteiger partial charge in [0.05, 0.1) is 11.6 Å². The van der Waals surface area contributed by atoms with Crippen molar-refractivity contribution in [2.45, 2.75) is 78.2 Å². The number of rotatable bonds is 12. The number of unbranched alkanes of at least 4 members (excludes halogenated alkanes) is 2. The lowest BCUT2D eigenvalue weighted by atomic mass is 9.85. The van der Waals surface area contributed by atoms with Gasteiger partial charge in [0.1, 0.15) is 11.6 Å². The van der Waals surface area contributed by atoms with E-state index in [0.717, 1.165) is 62.9 Å². The van der Waals surface area contributed by atoms with E-state index in [9.17, 15) is 19.1 Å². The normalized spacial score (nSPS) is 17.6. The summed E-state index contributed by atoms with van der Waals surface area (Å²) in [6.07, 6.45) is 5.25. The summed E-state index contributed by atoms with van der Waals surface area (Å²) in [6.45, 7) is 14.1. The fourth-order valence-electron chi connectivity index (χ4n) is 4.95. The van der Waals surface area contributed by atoms with Gasteiger partial charge in [0.25, 0.3) is 11.7 Å². The second-order valence-corrected chi connectivity index (χ2v) is 11.3. The number of likely N-dealkylation sites (tertiary alicyclic amines) is 1. The first-order valence-corrected chi connectivity index (χ1v) is 14.0. The highest BCUT2D eigenvalue weighted by molar-refractivity contribution is 6.46. The van der Waals surface area contributed by atoms with Gasteiger partial charge >= 0.3 is 0 Å². The molecule has 1 fully saturated rings. The summed E-state index contributed by atoms with van der Waals surface area (Å²) in [7, 11) is 0. The molecule has 5 nitrogen and oxygen atoms in total. The van der Waals surface area contributed by atoms with E-state index < -0.39 is 23.5 Å². The smallest absolute Gasteiger partial charge is 0.295 e. The van der Waals surface area contributed by atoms with Crippen molar-refractivity contribution in [3.05, 3.63) is 76.6 Å². The molecule has 1 N–H and O–H groups in total. The van der Waals surface area contributed by atoms with Gasteiger partial charge in [-0.3, -0.25) is 9.59 Å². The molecule has 2 aromatic rings. The van der Waals surface area contributed by atoms with Crippen molar-refractivity contribution in [2.24, 2.45) is 0 Å². The number of Topliss-reactive ketones (excluding diaryl/α,β-unsaturated/α-hetero) is 1. The van der Waals surface area contributed by atoms with Gasteiger partial charge in [-0.15, -0.1) is 0 Å². The molecule has 2 aromatic carbocycles. The predicted octanol–water partition coefficient (Wildman–Crippen LogP) is 6.84. The van der Waals surface area contributed by atoms with Gasteiger partial charge < -0.3 is 14.9 Å². The second-order valence-electron chi connectivity index (χ2n) is 11.3. The summed E-state index contributed by atoms with van der Waals surface area (Å²) in [6, 6.07) is 12.5. The molecule has 0 saturated carbocycles. The third-order valence-electron chi connectivity index (χ3n) is 7.28. The van der Waals surface area contributed by atoms with Crippen molar-refractivity contribution in [1.82, 2.24) is 9.80 Å². The Kier molecular flexibility index (Phi) is 10.3. The van der Waals surface area contributed by atoms with Gasteiger partial charge in [-0.2, -0.15) is 0 Å². The molecule has 206 valence electrons. The number of benzene rings is 2. The van der Waals surface area contributed by atoms with Crippen LogP contribution in [0.4, 0.5) is 4.39 Å². The average Bonchev–Trinajstić information content (AvgIpc) is 3.14. The van der Waals surface area contributed by atoms with Crippen LogP contribution in [-0.4, -0.2) is 52.8 Å². The van der Waals surface area contributed by atoms with Gasteiger partial charge in [-0.25, -0.2) is 4.39 Å². The molecule has 1 heterocycles. The van der Waals surface area contributed by atoms with Crippen molar-refractivity contribution >= 4 is 17.4 Å². The second kappa shape index (κ2) is 13.2. The summed E-state index contributed by atoms with van der Waals surface area (Å²) in [5.41, 5.74) is 2.23. The Bertz CT molecular complexity index is 1110. The van der Waals surface area contributed by atoms with E-state index in [1.165, 1.54) is 24.3 Å². The number of ketones is 1. The van der Waals surface area contributed by atoms with E-state index in [0.29, 0.717) is 12.1 Å². The number of aliphatic hydroxyl groups is 1. The summed E-state index contributed by atoms with van der Waals surface area (Å²) < 4.78 is 13.5. The molecule has 1 aliphatic heterocycles. The van der Waals surface area contributed by atoms with Crippen LogP contribution in [-0.2, 0) is 15.0 Å². The maximum Gasteiger partial charge on any atom is 0.295 e. The zero-order valence-corrected chi connectivity index (χ0v) is 23.6. The summed E-state index contributed by atoms with van der Waals surface area (Å²) in [5, 5.41) is 11.2. The van der Waals surface area contributed by atoms with E-state index in [-0.39, 0.29) is 16.7 Å². The Morgan fingerprint density at radius 2 is 1.45 bits per heavy atom. The number of carbonyl (C=O) groups excluding carboxylic acids is 2. The Balaban J connectivity index is 1.95. The number of hydrogen-bond acceptors (Lipinski definition) is 4. The lowest BCUT2D eigenvalue weighted by Gasteiger charge is -2.28. The van der Waals surface area contributed by atoms with E-state index in [2.05, 4.69) is 39.5 Å². The van der Waals surface area contributed by atoms with Crippen molar-refractivity contribution < 1.29 is 19.1 Å². The fourth-order valence-corrected chi connectivity index (χ4v) is 4.95. The standard InChI is InChI=1S/C32H43FN2O3/c1-6-8-19-34(20-9-7-2)21-10-22-35-28(23-11-15-25(16-12-23)32(3,4)5)27(30(37)31(35)38)29(36)24-13-17-26(33)18-14-24/h11-18,28,36H,6-10,19-22H2,1-5H3/t28-/m0/s1. The highest BCUT2D eigenvalue weighted by Crippen LogP contribution is 2.40. The topological polar surface area (TPSA) is 60.9 Å². The first-order valence-electron chi connectivity index (χ1n) is 14.0. The van der Waals surface area contributed by atoms with Gasteiger partial charge in [-0.1, -0.05) is 71.7 Å². The quantitative estimate of drug-likeness (QED) is 0.188. The van der Waals surface area contributed by atoms with Gasteiger partial charge in [-0.05, 0) is 79.7 Å². The lowest BCUT2D eigenvalue weighted by Crippen LogP contribution is -2.34. The van der Waals surface area contributed by atoms with Gasteiger partial charge in [0, 0.05) is 12.1 Å². The molecule has 1 aliphatic rings. The number of aliphatic hydroxyl groups excluding tert-OH is 1. The SMILES string of the molecule is CCCCN(CCCC)CCCN1C(=O)C(=O)C(=C(O)c2ccc(F)cc2)[C@@H]1c1ccc(C(C)(C)C)cc1. The number of carbonyl (C=O) groups is 2. The number of hydrogen-bond donors (Lipinski definition) is 1. The molecule has 0 aliphatic carbocycles. The molecule has 0 aromatic heterocycles. The third-order valence-corrected chi connectivity index (χ3v) is 7.28. The molecule has 1 atom stereocenters. The minimum absolute atomic E-state index is 0.0467. The molecule has 1 saturated heterocycles. The number of halogens is 1. The molecule has 0 unspecified atom stereocenters. The van der Waals surface area contributed by atoms with Crippen LogP contribution in [0.1, 0.15) is 89.5 Å². The van der Waals surface area contributed by atoms with Crippen LogP contribution in [0, 0.1) is 5.82 Å². The van der Waals surface area contributed by atoms with E-state index in [1.54, 1.807) is 4.90 Å². The van der Waals surface area contributed by atoms with Crippen LogP contribution in [0.25, 0.3) is 5.76 Å². The van der Waals surface area contributed by atoms with Crippen molar-refractivity contribution in [3.8, 4) is 0 Å². The van der Waals surface area contributed by atoms with E-state index in [1.807, 2.05) is 24.3 Å². The molecule has 3 rings (SSSR count). The maximum atomic E-state index is 13.5. The van der Waals surface area contributed by atoms with Crippen molar-refractivity contribution in [2.75, 3.05) is 26.2 Å². The minimum atomic E-state index is -0.703. The zero-order valence-electron chi connectivity index (χ0n) is 23.6. The largest absolute Gasteiger partial charge is 0.507 e. The van der Waals surface area contributed by atoms with Crippen LogP contribution >= 0.6 is 0 Å². The Hall–Kier alpha value is -2.99. The molecule has 1 amide bonds. The molecule has 38 heavy (non-hydrogen) atoms. The highest BCUT2D eigenvalue weighted by atomic mass is 19.1. The molecule has 0 spiro atoms. The Morgan fingerprint density at radius 3 is 1.97 bits per heavy atom. The summed E-state index contributed by atoms with van der Waals surface area (Å²) in [4.78, 5) is 30.6. The summed E-state index contributed by atoms with van der Waals surface area (Å²) >= 11 is 0. The van der Waals surface area contributed by atoms with Crippen LogP contribution in [0.5, 0.6) is 0 Å². The number of nitrogens with zero attached hydrogens (tertiary/aromatic N) is 2. The van der Waals surface area contributed by atoms with Gasteiger partial charge in [0.15, 0.2) is 0 Å². The Labute approximate surface area is 227 Å². The van der Waals surface area contributed by atoms with Crippen LogP contribution in [0.15, 0.2) is 54.1 Å². The minimum Gasteiger partial charge on any atom is -0.507 e. The summed E-state index contributed by atoms with van der Waals surface area (Å²) in [5.74, 6) is -2.02. The predicted molar refractivity (Wildman–Crippen MR) is 151 cm³/mol. The van der Waals surface area contributed by atoms with Crippen LogP contribution in [0.2, 0.25) is 0 Å². The van der Waals surface area contributed by atoms with E-state index in [4.69, 9.17) is 0 Å². The lowest BCUT2D eigenvalue weighted by molar-refractivity contribution is -0.140. The number of amides is 1. The average molecular weight is 523 g/mol. The molecule has 0 bridgehead atoms. The van der Waals surface area contributed by atoms with Crippen molar-refractivity contribution in [3.63, 3.8) is 0 Å². The maximum absolute atomic E-state index is 13.5. The van der Waals surface area contributed by atoms with Crippen molar-refractivity contribution in [1.29, 1.82) is 0 Å². The van der Waals surface area contributed by atoms with E-state index >= 15 is 0 Å². The highest BCUT2D eigenvalue weighted by Gasteiger charge is 2.45. The zero-order chi connectivity index (χ0) is 27.9. The fraction of sp³-hybridized carbons (Fsp3) is 0.500. The molecule has 0 radical (unpaired) electrons. The van der Waals surface area contributed by atoms with Gasteiger partial charge in [0.2, 0.25) is 0 Å². The Morgan fingerprint density at radius 1 is 0.895 bits per heavy atom. The first-order chi connectivity index (χ1) is 18.1. The molecular formula is C32H43FN2O3. The molecule has 6 heteroatoms.